The van der Waals surface area contributed by atoms with Crippen molar-refractivity contribution >= 4 is 29.0 Å². The van der Waals surface area contributed by atoms with Gasteiger partial charge in [-0.05, 0) is 60.5 Å². The molecule has 0 radical (unpaired) electrons. The lowest BCUT2D eigenvalue weighted by atomic mass is 9.95. The largest absolute Gasteiger partial charge is 0.322 e. The second-order valence-corrected chi connectivity index (χ2v) is 9.01. The first-order valence-electron chi connectivity index (χ1n) is 10.8. The Bertz CT molecular complexity index is 1620. The highest BCUT2D eigenvalue weighted by Gasteiger charge is 2.32. The molecule has 1 unspecified atom stereocenters. The molecular formula is C27H19F2N3O2S. The van der Waals surface area contributed by atoms with E-state index in [1.165, 1.54) is 40.2 Å². The van der Waals surface area contributed by atoms with Gasteiger partial charge < -0.3 is 5.32 Å². The van der Waals surface area contributed by atoms with Gasteiger partial charge in [-0.25, -0.2) is 13.8 Å². The van der Waals surface area contributed by atoms with Crippen LogP contribution in [0.3, 0.4) is 0 Å². The summed E-state index contributed by atoms with van der Waals surface area (Å²) in [5.74, 6) is -1.20. The number of para-hydroxylation sites is 1. The zero-order chi connectivity index (χ0) is 24.5. The zero-order valence-electron chi connectivity index (χ0n) is 18.5. The monoisotopic (exact) mass is 487 g/mol. The molecule has 35 heavy (non-hydrogen) atoms. The number of amides is 1. The molecule has 3 aromatic carbocycles. The van der Waals surface area contributed by atoms with Crippen molar-refractivity contribution in [3.8, 4) is 0 Å². The highest BCUT2D eigenvalue weighted by Crippen LogP contribution is 2.30. The van der Waals surface area contributed by atoms with E-state index in [0.717, 1.165) is 0 Å². The SMILES string of the molecule is CC1=C(C(=O)Nc2ccccc2)C(c2ccc(F)cc2)n2c(sc(=Cc3ccc(F)cc3)c2=O)=N1. The lowest BCUT2D eigenvalue weighted by Gasteiger charge is -2.25. The van der Waals surface area contributed by atoms with E-state index < -0.39 is 17.8 Å². The number of hydrogen-bond donors (Lipinski definition) is 1. The number of carbonyl (C=O) groups is 1. The third kappa shape index (κ3) is 4.48. The van der Waals surface area contributed by atoms with Gasteiger partial charge in [0.25, 0.3) is 11.5 Å². The first-order chi connectivity index (χ1) is 16.9. The van der Waals surface area contributed by atoms with E-state index in [0.29, 0.717) is 37.4 Å². The molecule has 0 saturated heterocycles. The average molecular weight is 488 g/mol. The Labute approximate surface area is 203 Å². The molecule has 0 bridgehead atoms. The molecule has 1 atom stereocenters. The molecule has 1 amide bonds. The predicted octanol–water partition coefficient (Wildman–Crippen LogP) is 4.15. The zero-order valence-corrected chi connectivity index (χ0v) is 19.4. The summed E-state index contributed by atoms with van der Waals surface area (Å²) in [7, 11) is 0. The summed E-state index contributed by atoms with van der Waals surface area (Å²) < 4.78 is 28.9. The normalized spacial score (nSPS) is 15.5. The number of rotatable bonds is 4. The highest BCUT2D eigenvalue weighted by molar-refractivity contribution is 7.07. The Kier molecular flexibility index (Phi) is 5.96. The molecule has 2 heterocycles. The molecule has 174 valence electrons. The van der Waals surface area contributed by atoms with Crippen molar-refractivity contribution in [2.45, 2.75) is 13.0 Å². The van der Waals surface area contributed by atoms with E-state index in [1.807, 2.05) is 6.07 Å². The molecular weight excluding hydrogens is 468 g/mol. The maximum atomic E-state index is 13.7. The summed E-state index contributed by atoms with van der Waals surface area (Å²) in [6.45, 7) is 1.72. The van der Waals surface area contributed by atoms with Crippen molar-refractivity contribution in [1.82, 2.24) is 4.57 Å². The highest BCUT2D eigenvalue weighted by atomic mass is 32.1. The van der Waals surface area contributed by atoms with Crippen molar-refractivity contribution in [2.75, 3.05) is 5.32 Å². The van der Waals surface area contributed by atoms with Gasteiger partial charge in [0.05, 0.1) is 21.8 Å². The van der Waals surface area contributed by atoms with Crippen molar-refractivity contribution in [3.63, 3.8) is 0 Å². The van der Waals surface area contributed by atoms with Crippen molar-refractivity contribution in [1.29, 1.82) is 0 Å². The molecule has 8 heteroatoms. The van der Waals surface area contributed by atoms with E-state index in [4.69, 9.17) is 0 Å². The van der Waals surface area contributed by atoms with Crippen LogP contribution in [0.2, 0.25) is 0 Å². The first kappa shape index (κ1) is 22.6. The fraction of sp³-hybridized carbons (Fsp3) is 0.0741. The summed E-state index contributed by atoms with van der Waals surface area (Å²) >= 11 is 1.18. The molecule has 1 aliphatic heterocycles. The number of nitrogens with one attached hydrogen (secondary N) is 1. The summed E-state index contributed by atoms with van der Waals surface area (Å²) in [4.78, 5) is 32.0. The summed E-state index contributed by atoms with van der Waals surface area (Å²) in [6, 6.07) is 19.7. The van der Waals surface area contributed by atoms with Crippen molar-refractivity contribution in [3.05, 3.63) is 133 Å². The minimum Gasteiger partial charge on any atom is -0.322 e. The van der Waals surface area contributed by atoms with Gasteiger partial charge in [-0.3, -0.25) is 14.2 Å². The fourth-order valence-electron chi connectivity index (χ4n) is 4.00. The third-order valence-electron chi connectivity index (χ3n) is 5.65. The van der Waals surface area contributed by atoms with Crippen LogP contribution in [-0.4, -0.2) is 10.5 Å². The average Bonchev–Trinajstić information content (AvgIpc) is 3.15. The standard InChI is InChI=1S/C27H19F2N3O2S/c1-16-23(25(33)31-21-5-3-2-4-6-21)24(18-9-13-20(29)14-10-18)32-26(34)22(35-27(32)30-16)15-17-7-11-19(28)12-8-17/h2-15,24H,1H3,(H,31,33). The van der Waals surface area contributed by atoms with Gasteiger partial charge in [0.1, 0.15) is 11.6 Å². The van der Waals surface area contributed by atoms with E-state index in [-0.39, 0.29) is 11.4 Å². The van der Waals surface area contributed by atoms with Crippen molar-refractivity contribution in [2.24, 2.45) is 4.99 Å². The maximum Gasteiger partial charge on any atom is 0.271 e. The molecule has 1 aromatic heterocycles. The number of allylic oxidation sites excluding steroid dienone is 1. The van der Waals surface area contributed by atoms with Gasteiger partial charge in [-0.2, -0.15) is 0 Å². The Balaban J connectivity index is 1.67. The first-order valence-corrected chi connectivity index (χ1v) is 11.6. The third-order valence-corrected chi connectivity index (χ3v) is 6.63. The van der Waals surface area contributed by atoms with Gasteiger partial charge in [-0.1, -0.05) is 53.8 Å². The number of benzene rings is 3. The van der Waals surface area contributed by atoms with E-state index in [2.05, 4.69) is 10.3 Å². The van der Waals surface area contributed by atoms with Crippen LogP contribution in [0.5, 0.6) is 0 Å². The minimum absolute atomic E-state index is 0.293. The van der Waals surface area contributed by atoms with Gasteiger partial charge in [-0.15, -0.1) is 0 Å². The lowest BCUT2D eigenvalue weighted by molar-refractivity contribution is -0.113. The number of anilines is 1. The molecule has 5 nitrogen and oxygen atoms in total. The van der Waals surface area contributed by atoms with E-state index in [1.54, 1.807) is 61.5 Å². The van der Waals surface area contributed by atoms with Crippen LogP contribution in [0.15, 0.2) is 99.9 Å². The second-order valence-electron chi connectivity index (χ2n) is 8.01. The smallest absolute Gasteiger partial charge is 0.271 e. The second kappa shape index (κ2) is 9.23. The summed E-state index contributed by atoms with van der Waals surface area (Å²) in [5.41, 5.74) is 2.25. The molecule has 0 fully saturated rings. The number of halogens is 2. The molecule has 0 aliphatic carbocycles. The van der Waals surface area contributed by atoms with Crippen LogP contribution >= 0.6 is 11.3 Å². The molecule has 0 saturated carbocycles. The lowest BCUT2D eigenvalue weighted by Crippen LogP contribution is -2.40. The summed E-state index contributed by atoms with van der Waals surface area (Å²) in [5, 5.41) is 2.87. The van der Waals surface area contributed by atoms with Gasteiger partial charge in [0.15, 0.2) is 4.80 Å². The number of thiazole rings is 1. The Morgan fingerprint density at radius 3 is 2.26 bits per heavy atom. The van der Waals surface area contributed by atoms with Gasteiger partial charge in [0, 0.05) is 5.69 Å². The van der Waals surface area contributed by atoms with E-state index >= 15 is 0 Å². The Hall–Kier alpha value is -4.17. The maximum absolute atomic E-state index is 13.7. The van der Waals surface area contributed by atoms with Crippen LogP contribution in [0.25, 0.3) is 6.08 Å². The van der Waals surface area contributed by atoms with Crippen LogP contribution in [0.4, 0.5) is 14.5 Å². The number of hydrogen-bond acceptors (Lipinski definition) is 4. The number of carbonyl (C=O) groups excluding carboxylic acids is 1. The Morgan fingerprint density at radius 2 is 1.60 bits per heavy atom. The number of fused-ring (bicyclic) bond motifs is 1. The fourth-order valence-corrected chi connectivity index (χ4v) is 5.05. The predicted molar refractivity (Wildman–Crippen MR) is 132 cm³/mol. The van der Waals surface area contributed by atoms with Crippen molar-refractivity contribution < 1.29 is 13.6 Å². The van der Waals surface area contributed by atoms with E-state index in [9.17, 15) is 18.4 Å². The molecule has 0 spiro atoms. The molecule has 4 aromatic rings. The van der Waals surface area contributed by atoms with Crippen LogP contribution in [-0.2, 0) is 4.79 Å². The quantitative estimate of drug-likeness (QED) is 0.470. The molecule has 1 aliphatic rings. The van der Waals surface area contributed by atoms with Crippen LogP contribution in [0, 0.1) is 11.6 Å². The Morgan fingerprint density at radius 1 is 0.971 bits per heavy atom. The molecule has 5 rings (SSSR count). The summed E-state index contributed by atoms with van der Waals surface area (Å²) in [6.07, 6.45) is 1.66. The minimum atomic E-state index is -0.800. The topological polar surface area (TPSA) is 63.5 Å². The van der Waals surface area contributed by atoms with Gasteiger partial charge in [0.2, 0.25) is 0 Å². The number of aromatic nitrogens is 1. The van der Waals surface area contributed by atoms with Crippen LogP contribution < -0.4 is 20.2 Å². The van der Waals surface area contributed by atoms with Gasteiger partial charge >= 0.3 is 0 Å². The number of nitrogens with zero attached hydrogens (tertiary/aromatic N) is 2. The molecule has 1 N–H and O–H groups in total. The van der Waals surface area contributed by atoms with Crippen LogP contribution in [0.1, 0.15) is 24.1 Å².